The van der Waals surface area contributed by atoms with E-state index in [2.05, 4.69) is 16.4 Å². The van der Waals surface area contributed by atoms with Gasteiger partial charge in [-0.2, -0.15) is 5.26 Å². The maximum absolute atomic E-state index is 8.76. The standard InChI is InChI=1S/C12H20N4O2/c1-10(18-2)12-11(6-7-13)14-15-16(12)8-4-3-5-9-17/h10,17H,3-6,8-9H2,1-2H3. The molecule has 0 amide bonds. The van der Waals surface area contributed by atoms with E-state index in [0.29, 0.717) is 5.69 Å². The molecule has 1 aromatic heterocycles. The first-order chi connectivity index (χ1) is 8.74. The predicted molar refractivity (Wildman–Crippen MR) is 65.7 cm³/mol. The summed E-state index contributed by atoms with van der Waals surface area (Å²) in [6.07, 6.45) is 2.81. The number of aryl methyl sites for hydroxylation is 1. The summed E-state index contributed by atoms with van der Waals surface area (Å²) in [5, 5.41) is 25.6. The molecular weight excluding hydrogens is 232 g/mol. The highest BCUT2D eigenvalue weighted by Gasteiger charge is 2.18. The summed E-state index contributed by atoms with van der Waals surface area (Å²) in [5.74, 6) is 0. The number of hydrogen-bond acceptors (Lipinski definition) is 5. The van der Waals surface area contributed by atoms with Gasteiger partial charge in [-0.15, -0.1) is 5.10 Å². The molecule has 0 aliphatic heterocycles. The van der Waals surface area contributed by atoms with Crippen LogP contribution >= 0.6 is 0 Å². The number of aliphatic hydroxyl groups excluding tert-OH is 1. The van der Waals surface area contributed by atoms with Crippen LogP contribution in [0.3, 0.4) is 0 Å². The van der Waals surface area contributed by atoms with Crippen molar-refractivity contribution in [2.24, 2.45) is 0 Å². The molecule has 0 radical (unpaired) electrons. The zero-order chi connectivity index (χ0) is 13.4. The minimum atomic E-state index is -0.124. The van der Waals surface area contributed by atoms with Crippen molar-refractivity contribution in [1.29, 1.82) is 5.26 Å². The highest BCUT2D eigenvalue weighted by Crippen LogP contribution is 2.19. The van der Waals surface area contributed by atoms with Gasteiger partial charge >= 0.3 is 0 Å². The summed E-state index contributed by atoms with van der Waals surface area (Å²) in [6, 6.07) is 2.09. The van der Waals surface area contributed by atoms with Gasteiger partial charge in [0.2, 0.25) is 0 Å². The van der Waals surface area contributed by atoms with Crippen LogP contribution < -0.4 is 0 Å². The van der Waals surface area contributed by atoms with Crippen molar-refractivity contribution in [3.05, 3.63) is 11.4 Å². The largest absolute Gasteiger partial charge is 0.396 e. The van der Waals surface area contributed by atoms with Crippen LogP contribution in [0.2, 0.25) is 0 Å². The van der Waals surface area contributed by atoms with E-state index in [1.165, 1.54) is 0 Å². The highest BCUT2D eigenvalue weighted by atomic mass is 16.5. The Labute approximate surface area is 107 Å². The Kier molecular flexibility index (Phi) is 6.33. The average molecular weight is 252 g/mol. The Balaban J connectivity index is 2.74. The van der Waals surface area contributed by atoms with E-state index < -0.39 is 0 Å². The smallest absolute Gasteiger partial charge is 0.103 e. The first kappa shape index (κ1) is 14.6. The van der Waals surface area contributed by atoms with Crippen LogP contribution in [-0.4, -0.2) is 33.8 Å². The van der Waals surface area contributed by atoms with E-state index in [1.54, 1.807) is 11.8 Å². The van der Waals surface area contributed by atoms with Gasteiger partial charge in [-0.05, 0) is 26.2 Å². The molecule has 1 rings (SSSR count). The van der Waals surface area contributed by atoms with Gasteiger partial charge in [-0.25, -0.2) is 4.68 Å². The molecule has 0 bridgehead atoms. The summed E-state index contributed by atoms with van der Waals surface area (Å²) in [6.45, 7) is 2.88. The normalized spacial score (nSPS) is 12.3. The van der Waals surface area contributed by atoms with Crippen molar-refractivity contribution in [2.75, 3.05) is 13.7 Å². The molecule has 0 aliphatic carbocycles. The molecule has 0 aromatic carbocycles. The number of aliphatic hydroxyl groups is 1. The first-order valence-corrected chi connectivity index (χ1v) is 6.17. The van der Waals surface area contributed by atoms with Crippen LogP contribution in [0.15, 0.2) is 0 Å². The molecule has 1 aromatic rings. The molecule has 0 saturated carbocycles. The van der Waals surface area contributed by atoms with Crippen molar-refractivity contribution in [3.8, 4) is 6.07 Å². The summed E-state index contributed by atoms with van der Waals surface area (Å²) < 4.78 is 7.10. The van der Waals surface area contributed by atoms with Crippen molar-refractivity contribution in [3.63, 3.8) is 0 Å². The number of hydrogen-bond donors (Lipinski definition) is 1. The second-order valence-corrected chi connectivity index (χ2v) is 4.14. The molecule has 1 atom stereocenters. The minimum Gasteiger partial charge on any atom is -0.396 e. The summed E-state index contributed by atoms with van der Waals surface area (Å²) in [7, 11) is 1.63. The lowest BCUT2D eigenvalue weighted by molar-refractivity contribution is 0.110. The Morgan fingerprint density at radius 3 is 2.83 bits per heavy atom. The third kappa shape index (κ3) is 3.79. The van der Waals surface area contributed by atoms with Crippen LogP contribution in [0.1, 0.15) is 43.7 Å². The molecular formula is C12H20N4O2. The maximum Gasteiger partial charge on any atom is 0.103 e. The lowest BCUT2D eigenvalue weighted by atomic mass is 10.1. The molecule has 6 nitrogen and oxygen atoms in total. The zero-order valence-corrected chi connectivity index (χ0v) is 11.0. The van der Waals surface area contributed by atoms with Gasteiger partial charge in [0.15, 0.2) is 0 Å². The van der Waals surface area contributed by atoms with Gasteiger partial charge in [0.1, 0.15) is 5.69 Å². The van der Waals surface area contributed by atoms with E-state index in [9.17, 15) is 0 Å². The molecule has 1 N–H and O–H groups in total. The number of unbranched alkanes of at least 4 members (excludes halogenated alkanes) is 2. The van der Waals surface area contributed by atoms with Crippen LogP contribution in [0.5, 0.6) is 0 Å². The summed E-state index contributed by atoms with van der Waals surface area (Å²) in [4.78, 5) is 0. The number of aromatic nitrogens is 3. The third-order valence-electron chi connectivity index (χ3n) is 2.86. The van der Waals surface area contributed by atoms with Crippen LogP contribution in [0.25, 0.3) is 0 Å². The van der Waals surface area contributed by atoms with E-state index in [-0.39, 0.29) is 19.1 Å². The van der Waals surface area contributed by atoms with Gasteiger partial charge in [-0.3, -0.25) is 0 Å². The van der Waals surface area contributed by atoms with Gasteiger partial charge in [0.25, 0.3) is 0 Å². The van der Waals surface area contributed by atoms with Gasteiger partial charge in [0, 0.05) is 20.3 Å². The van der Waals surface area contributed by atoms with Gasteiger partial charge in [0.05, 0.1) is 24.3 Å². The van der Waals surface area contributed by atoms with Crippen molar-refractivity contribution in [2.45, 2.75) is 45.3 Å². The average Bonchev–Trinajstić information content (AvgIpc) is 2.77. The molecule has 0 saturated heterocycles. The quantitative estimate of drug-likeness (QED) is 0.703. The topological polar surface area (TPSA) is 84.0 Å². The van der Waals surface area contributed by atoms with Gasteiger partial charge in [-0.1, -0.05) is 5.21 Å². The Morgan fingerprint density at radius 2 is 2.22 bits per heavy atom. The monoisotopic (exact) mass is 252 g/mol. The first-order valence-electron chi connectivity index (χ1n) is 6.17. The molecule has 1 heterocycles. The third-order valence-corrected chi connectivity index (χ3v) is 2.86. The fraction of sp³-hybridized carbons (Fsp3) is 0.750. The number of rotatable bonds is 8. The lowest BCUT2D eigenvalue weighted by Crippen LogP contribution is -2.11. The van der Waals surface area contributed by atoms with Gasteiger partial charge < -0.3 is 9.84 Å². The zero-order valence-electron chi connectivity index (χ0n) is 11.0. The summed E-state index contributed by atoms with van der Waals surface area (Å²) in [5.41, 5.74) is 1.57. The lowest BCUT2D eigenvalue weighted by Gasteiger charge is -2.12. The predicted octanol–water partition coefficient (Wildman–Crippen LogP) is 1.21. The molecule has 0 spiro atoms. The Hall–Kier alpha value is -1.45. The number of nitrogens with zero attached hydrogens (tertiary/aromatic N) is 4. The van der Waals surface area contributed by atoms with Crippen molar-refractivity contribution < 1.29 is 9.84 Å². The van der Waals surface area contributed by atoms with E-state index >= 15 is 0 Å². The van der Waals surface area contributed by atoms with Crippen LogP contribution in [-0.2, 0) is 17.7 Å². The van der Waals surface area contributed by atoms with Crippen molar-refractivity contribution >= 4 is 0 Å². The molecule has 0 aliphatic rings. The highest BCUT2D eigenvalue weighted by molar-refractivity contribution is 5.16. The SMILES string of the molecule is COC(C)c1c(CC#N)nnn1CCCCCO. The van der Waals surface area contributed by atoms with E-state index in [4.69, 9.17) is 15.1 Å². The molecule has 1 unspecified atom stereocenters. The van der Waals surface area contributed by atoms with Crippen LogP contribution in [0.4, 0.5) is 0 Å². The Morgan fingerprint density at radius 1 is 1.44 bits per heavy atom. The van der Waals surface area contributed by atoms with Crippen LogP contribution in [0, 0.1) is 11.3 Å². The van der Waals surface area contributed by atoms with E-state index in [0.717, 1.165) is 31.5 Å². The maximum atomic E-state index is 8.76. The minimum absolute atomic E-state index is 0.124. The fourth-order valence-electron chi connectivity index (χ4n) is 1.83. The number of nitriles is 1. The molecule has 6 heteroatoms. The fourth-order valence-corrected chi connectivity index (χ4v) is 1.83. The van der Waals surface area contributed by atoms with Crippen molar-refractivity contribution in [1.82, 2.24) is 15.0 Å². The second-order valence-electron chi connectivity index (χ2n) is 4.14. The van der Waals surface area contributed by atoms with E-state index in [1.807, 2.05) is 6.92 Å². The molecule has 0 fully saturated rings. The molecule has 100 valence electrons. The number of methoxy groups -OCH3 is 1. The molecule has 18 heavy (non-hydrogen) atoms. The number of ether oxygens (including phenoxy) is 1. The summed E-state index contributed by atoms with van der Waals surface area (Å²) >= 11 is 0. The second kappa shape index (κ2) is 7.80. The Bertz CT molecular complexity index is 397.